The van der Waals surface area contributed by atoms with Gasteiger partial charge in [-0.05, 0) is 43.8 Å². The molecule has 4 nitrogen and oxygen atoms in total. The minimum Gasteiger partial charge on any atom is -0.362 e. The zero-order chi connectivity index (χ0) is 17.0. The van der Waals surface area contributed by atoms with Crippen molar-refractivity contribution in [3.8, 4) is 0 Å². The van der Waals surface area contributed by atoms with Gasteiger partial charge in [-0.1, -0.05) is 46.4 Å². The highest BCUT2D eigenvalue weighted by molar-refractivity contribution is 7.80. The number of rotatable bonds is 5. The Morgan fingerprint density at radius 3 is 2.61 bits per heavy atom. The van der Waals surface area contributed by atoms with E-state index in [0.29, 0.717) is 44.1 Å². The van der Waals surface area contributed by atoms with E-state index in [1.165, 1.54) is 0 Å². The summed E-state index contributed by atoms with van der Waals surface area (Å²) >= 11 is 29.2. The van der Waals surface area contributed by atoms with Crippen LogP contribution in [0.5, 0.6) is 0 Å². The van der Waals surface area contributed by atoms with Gasteiger partial charge in [0.2, 0.25) is 0 Å². The fourth-order valence-electron chi connectivity index (χ4n) is 1.87. The lowest BCUT2D eigenvalue weighted by molar-refractivity contribution is 0.571. The molecule has 0 spiro atoms. The smallest absolute Gasteiger partial charge is 0.170 e. The van der Waals surface area contributed by atoms with Crippen molar-refractivity contribution in [2.45, 2.75) is 19.9 Å². The molecule has 0 bridgehead atoms. The minimum absolute atomic E-state index is 0.456. The number of anilines is 1. The van der Waals surface area contributed by atoms with E-state index in [2.05, 4.69) is 15.7 Å². The van der Waals surface area contributed by atoms with Gasteiger partial charge in [0.15, 0.2) is 5.11 Å². The zero-order valence-electron chi connectivity index (χ0n) is 12.2. The van der Waals surface area contributed by atoms with Gasteiger partial charge in [0, 0.05) is 18.1 Å². The number of hydrogen-bond acceptors (Lipinski definition) is 2. The Bertz CT molecular complexity index is 717. The molecular weight excluding hydrogens is 398 g/mol. The molecule has 0 saturated carbocycles. The first-order valence-corrected chi connectivity index (χ1v) is 8.69. The molecule has 9 heteroatoms. The highest BCUT2D eigenvalue weighted by Crippen LogP contribution is 2.26. The largest absolute Gasteiger partial charge is 0.362 e. The maximum absolute atomic E-state index is 6.08. The van der Waals surface area contributed by atoms with Crippen LogP contribution < -0.4 is 10.6 Å². The Labute approximate surface area is 160 Å². The van der Waals surface area contributed by atoms with Crippen LogP contribution in [0, 0.1) is 6.92 Å². The molecule has 0 saturated heterocycles. The number of nitrogens with zero attached hydrogens (tertiary/aromatic N) is 2. The first-order valence-electron chi connectivity index (χ1n) is 6.77. The average molecular weight is 412 g/mol. The number of thiocarbonyl (C=S) groups is 1. The van der Waals surface area contributed by atoms with Crippen LogP contribution in [0.3, 0.4) is 0 Å². The maximum Gasteiger partial charge on any atom is 0.170 e. The number of hydrogen-bond donors (Lipinski definition) is 2. The molecule has 0 aliphatic heterocycles. The van der Waals surface area contributed by atoms with Crippen LogP contribution in [0.1, 0.15) is 12.1 Å². The van der Waals surface area contributed by atoms with Crippen molar-refractivity contribution in [2.75, 3.05) is 11.9 Å². The summed E-state index contributed by atoms with van der Waals surface area (Å²) in [4.78, 5) is 0. The number of aryl methyl sites for hydroxylation is 2. The van der Waals surface area contributed by atoms with Gasteiger partial charge in [-0.3, -0.25) is 4.68 Å². The van der Waals surface area contributed by atoms with E-state index in [1.807, 2.05) is 6.92 Å². The molecule has 124 valence electrons. The van der Waals surface area contributed by atoms with Crippen LogP contribution >= 0.6 is 58.6 Å². The monoisotopic (exact) mass is 410 g/mol. The second-order valence-corrected chi connectivity index (χ2v) is 6.76. The van der Waals surface area contributed by atoms with E-state index in [9.17, 15) is 0 Å². The second kappa shape index (κ2) is 8.40. The van der Waals surface area contributed by atoms with Crippen LogP contribution in [0.25, 0.3) is 0 Å². The van der Waals surface area contributed by atoms with E-state index >= 15 is 0 Å². The third-order valence-corrected chi connectivity index (χ3v) is 4.74. The highest BCUT2D eigenvalue weighted by Gasteiger charge is 2.10. The van der Waals surface area contributed by atoms with Crippen LogP contribution in [0.15, 0.2) is 18.2 Å². The van der Waals surface area contributed by atoms with Crippen molar-refractivity contribution < 1.29 is 0 Å². The van der Waals surface area contributed by atoms with Crippen LogP contribution in [0.4, 0.5) is 5.69 Å². The molecule has 23 heavy (non-hydrogen) atoms. The van der Waals surface area contributed by atoms with Crippen LogP contribution in [-0.2, 0) is 6.54 Å². The molecule has 0 radical (unpaired) electrons. The zero-order valence-corrected chi connectivity index (χ0v) is 16.0. The van der Waals surface area contributed by atoms with E-state index in [0.717, 1.165) is 12.1 Å². The summed E-state index contributed by atoms with van der Waals surface area (Å²) in [6, 6.07) is 5.16. The van der Waals surface area contributed by atoms with Crippen molar-refractivity contribution >= 4 is 69.4 Å². The molecule has 0 amide bonds. The van der Waals surface area contributed by atoms with E-state index in [-0.39, 0.29) is 0 Å². The van der Waals surface area contributed by atoms with Gasteiger partial charge >= 0.3 is 0 Å². The molecule has 0 fully saturated rings. The summed E-state index contributed by atoms with van der Waals surface area (Å²) in [5, 5.41) is 12.9. The van der Waals surface area contributed by atoms with E-state index in [1.54, 1.807) is 22.9 Å². The summed E-state index contributed by atoms with van der Waals surface area (Å²) in [6.07, 6.45) is 0.785. The van der Waals surface area contributed by atoms with Gasteiger partial charge in [-0.25, -0.2) is 0 Å². The van der Waals surface area contributed by atoms with E-state index < -0.39 is 0 Å². The number of nitrogens with one attached hydrogen (secondary N) is 2. The number of benzene rings is 1. The second-order valence-electron chi connectivity index (χ2n) is 4.77. The Morgan fingerprint density at radius 1 is 1.26 bits per heavy atom. The minimum atomic E-state index is 0.456. The lowest BCUT2D eigenvalue weighted by Gasteiger charge is -2.12. The maximum atomic E-state index is 6.08. The molecule has 0 unspecified atom stereocenters. The molecule has 2 rings (SSSR count). The third kappa shape index (κ3) is 5.13. The third-order valence-electron chi connectivity index (χ3n) is 3.01. The molecule has 2 aromatic rings. The first-order chi connectivity index (χ1) is 10.9. The number of aromatic nitrogens is 2. The fraction of sp³-hybridized carbons (Fsp3) is 0.286. The summed E-state index contributed by atoms with van der Waals surface area (Å²) in [5.74, 6) is 0. The van der Waals surface area contributed by atoms with Crippen molar-refractivity contribution in [3.05, 3.63) is 44.1 Å². The van der Waals surface area contributed by atoms with Crippen molar-refractivity contribution in [1.82, 2.24) is 15.1 Å². The van der Waals surface area contributed by atoms with Gasteiger partial charge in [0.1, 0.15) is 10.2 Å². The number of halogens is 4. The van der Waals surface area contributed by atoms with Gasteiger partial charge < -0.3 is 10.6 Å². The summed E-state index contributed by atoms with van der Waals surface area (Å²) in [5.41, 5.74) is 1.42. The molecule has 0 atom stereocenters. The standard InChI is InChI=1S/C14H14Cl4N4S/c1-8-12(17)13(18)22(21-8)6-2-5-19-14(23)20-11-4-3-9(15)7-10(11)16/h3-4,7H,2,5-6H2,1H3,(H2,19,20,23). The predicted octanol–water partition coefficient (Wildman–Crippen LogP) is 5.18. The Morgan fingerprint density at radius 2 is 2.00 bits per heavy atom. The normalized spacial score (nSPS) is 10.7. The average Bonchev–Trinajstić information content (AvgIpc) is 2.74. The van der Waals surface area contributed by atoms with Gasteiger partial charge in [-0.15, -0.1) is 0 Å². The van der Waals surface area contributed by atoms with Crippen LogP contribution in [-0.4, -0.2) is 21.4 Å². The summed E-state index contributed by atoms with van der Waals surface area (Å²) in [7, 11) is 0. The molecule has 2 N–H and O–H groups in total. The molecule has 1 aromatic carbocycles. The Hall–Kier alpha value is -0.720. The lowest BCUT2D eigenvalue weighted by atomic mass is 10.3. The topological polar surface area (TPSA) is 41.9 Å². The summed E-state index contributed by atoms with van der Waals surface area (Å²) in [6.45, 7) is 3.12. The van der Waals surface area contributed by atoms with Crippen LogP contribution in [0.2, 0.25) is 20.2 Å². The summed E-state index contributed by atoms with van der Waals surface area (Å²) < 4.78 is 1.67. The van der Waals surface area contributed by atoms with Gasteiger partial charge in [0.05, 0.1) is 16.4 Å². The fourth-order valence-corrected chi connectivity index (χ4v) is 2.93. The molecule has 0 aliphatic carbocycles. The van der Waals surface area contributed by atoms with Crippen molar-refractivity contribution in [1.29, 1.82) is 0 Å². The molecular formula is C14H14Cl4N4S. The molecule has 0 aliphatic rings. The lowest BCUT2D eigenvalue weighted by Crippen LogP contribution is -2.30. The molecule has 1 heterocycles. The van der Waals surface area contributed by atoms with Gasteiger partial charge in [0.25, 0.3) is 0 Å². The van der Waals surface area contributed by atoms with Gasteiger partial charge in [-0.2, -0.15) is 5.10 Å². The Balaban J connectivity index is 1.77. The highest BCUT2D eigenvalue weighted by atomic mass is 35.5. The van der Waals surface area contributed by atoms with Crippen molar-refractivity contribution in [2.24, 2.45) is 0 Å². The first kappa shape index (κ1) is 18.6. The van der Waals surface area contributed by atoms with E-state index in [4.69, 9.17) is 58.6 Å². The van der Waals surface area contributed by atoms with Crippen molar-refractivity contribution in [3.63, 3.8) is 0 Å². The SMILES string of the molecule is Cc1nn(CCCNC(=S)Nc2ccc(Cl)cc2Cl)c(Cl)c1Cl. The Kier molecular flexibility index (Phi) is 6.80. The molecule has 1 aromatic heterocycles. The predicted molar refractivity (Wildman–Crippen MR) is 102 cm³/mol. The quantitative estimate of drug-likeness (QED) is 0.525.